The molecule has 7 nitrogen and oxygen atoms in total. The molecule has 0 bridgehead atoms. The molecule has 26 heavy (non-hydrogen) atoms. The summed E-state index contributed by atoms with van der Waals surface area (Å²) in [4.78, 5) is 20.7. The molecule has 1 amide bonds. The lowest BCUT2D eigenvalue weighted by atomic mass is 10.2. The van der Waals surface area contributed by atoms with Gasteiger partial charge in [0.1, 0.15) is 0 Å². The number of methoxy groups -OCH3 is 1. The molecular weight excluding hydrogens is 356 g/mol. The van der Waals surface area contributed by atoms with Gasteiger partial charge in [-0.3, -0.25) is 9.69 Å². The summed E-state index contributed by atoms with van der Waals surface area (Å²) in [6.45, 7) is 5.46. The van der Waals surface area contributed by atoms with Crippen molar-refractivity contribution in [2.45, 2.75) is 26.0 Å². The Labute approximate surface area is 157 Å². The van der Waals surface area contributed by atoms with E-state index >= 15 is 0 Å². The molecule has 1 unspecified atom stereocenters. The molecule has 1 atom stereocenters. The largest absolute Gasteiger partial charge is 0.381 e. The third-order valence-electron chi connectivity index (χ3n) is 4.52. The van der Waals surface area contributed by atoms with Crippen LogP contribution in [0.15, 0.2) is 28.8 Å². The van der Waals surface area contributed by atoms with Gasteiger partial charge in [0.15, 0.2) is 0 Å². The molecule has 1 fully saturated rings. The zero-order valence-electron chi connectivity index (χ0n) is 15.0. The summed E-state index contributed by atoms with van der Waals surface area (Å²) in [5.74, 6) is 1.27. The molecule has 0 radical (unpaired) electrons. The fraction of sp³-hybridized carbons (Fsp3) is 0.500. The molecule has 2 aromatic rings. The third kappa shape index (κ3) is 4.81. The average Bonchev–Trinajstić information content (AvgIpc) is 3.11. The molecule has 2 heterocycles. The van der Waals surface area contributed by atoms with Gasteiger partial charge in [0.2, 0.25) is 17.6 Å². The van der Waals surface area contributed by atoms with E-state index in [-0.39, 0.29) is 12.0 Å². The van der Waals surface area contributed by atoms with Gasteiger partial charge in [-0.15, -0.1) is 0 Å². The summed E-state index contributed by atoms with van der Waals surface area (Å²) < 4.78 is 10.5. The number of carbonyl (C=O) groups excluding carboxylic acids is 1. The first kappa shape index (κ1) is 18.8. The molecule has 0 N–H and O–H groups in total. The first-order valence-corrected chi connectivity index (χ1v) is 9.04. The van der Waals surface area contributed by atoms with Crippen LogP contribution in [0.25, 0.3) is 11.4 Å². The Morgan fingerprint density at radius 2 is 1.96 bits per heavy atom. The Kier molecular flexibility index (Phi) is 6.24. The number of hydrogen-bond acceptors (Lipinski definition) is 6. The quantitative estimate of drug-likeness (QED) is 0.768. The minimum atomic E-state index is -0.0507. The van der Waals surface area contributed by atoms with Crippen molar-refractivity contribution < 1.29 is 14.1 Å². The van der Waals surface area contributed by atoms with Crippen LogP contribution < -0.4 is 0 Å². The van der Waals surface area contributed by atoms with Crippen molar-refractivity contribution in [3.63, 3.8) is 0 Å². The van der Waals surface area contributed by atoms with Crippen LogP contribution in [0.1, 0.15) is 19.2 Å². The molecule has 140 valence electrons. The molecule has 3 rings (SSSR count). The Balaban J connectivity index is 1.50. The Bertz CT molecular complexity index is 726. The molecule has 8 heteroatoms. The topological polar surface area (TPSA) is 71.7 Å². The monoisotopic (exact) mass is 378 g/mol. The van der Waals surface area contributed by atoms with Crippen LogP contribution in [0.2, 0.25) is 5.02 Å². The second kappa shape index (κ2) is 8.62. The minimum Gasteiger partial charge on any atom is -0.381 e. The lowest BCUT2D eigenvalue weighted by molar-refractivity contribution is -0.135. The van der Waals surface area contributed by atoms with Gasteiger partial charge in [0.05, 0.1) is 19.1 Å². The SMILES string of the molecule is COC(C)CC(=O)N1CCN(Cc2nc(-c3ccc(Cl)cc3)no2)CC1. The van der Waals surface area contributed by atoms with E-state index in [4.69, 9.17) is 20.9 Å². The lowest BCUT2D eigenvalue weighted by Crippen LogP contribution is -2.48. The first-order chi connectivity index (χ1) is 12.5. The predicted molar refractivity (Wildman–Crippen MR) is 97.7 cm³/mol. The highest BCUT2D eigenvalue weighted by molar-refractivity contribution is 6.30. The number of piperazine rings is 1. The summed E-state index contributed by atoms with van der Waals surface area (Å²) in [6.07, 6.45) is 0.371. The van der Waals surface area contributed by atoms with Gasteiger partial charge in [-0.2, -0.15) is 4.98 Å². The van der Waals surface area contributed by atoms with Gasteiger partial charge in [0, 0.05) is 43.9 Å². The van der Waals surface area contributed by atoms with Crippen molar-refractivity contribution in [1.82, 2.24) is 19.9 Å². The highest BCUT2D eigenvalue weighted by atomic mass is 35.5. The van der Waals surface area contributed by atoms with E-state index in [1.165, 1.54) is 0 Å². The summed E-state index contributed by atoms with van der Waals surface area (Å²) in [6, 6.07) is 7.33. The van der Waals surface area contributed by atoms with E-state index in [0.717, 1.165) is 18.7 Å². The third-order valence-corrected chi connectivity index (χ3v) is 4.77. The van der Waals surface area contributed by atoms with Crippen molar-refractivity contribution in [3.05, 3.63) is 35.2 Å². The van der Waals surface area contributed by atoms with E-state index in [0.29, 0.717) is 42.8 Å². The van der Waals surface area contributed by atoms with Crippen molar-refractivity contribution in [2.24, 2.45) is 0 Å². The molecular formula is C18H23ClN4O3. The van der Waals surface area contributed by atoms with E-state index in [9.17, 15) is 4.79 Å². The molecule has 1 aromatic heterocycles. The standard InChI is InChI=1S/C18H23ClN4O3/c1-13(25-2)11-17(24)23-9-7-22(8-10-23)12-16-20-18(21-26-16)14-3-5-15(19)6-4-14/h3-6,13H,7-12H2,1-2H3. The van der Waals surface area contributed by atoms with Crippen LogP contribution in [0.3, 0.4) is 0 Å². The van der Waals surface area contributed by atoms with Gasteiger partial charge in [-0.05, 0) is 31.2 Å². The number of ether oxygens (including phenoxy) is 1. The Morgan fingerprint density at radius 3 is 2.62 bits per heavy atom. The second-order valence-electron chi connectivity index (χ2n) is 6.43. The van der Waals surface area contributed by atoms with Gasteiger partial charge >= 0.3 is 0 Å². The van der Waals surface area contributed by atoms with E-state index in [1.807, 2.05) is 24.0 Å². The van der Waals surface area contributed by atoms with E-state index < -0.39 is 0 Å². The van der Waals surface area contributed by atoms with Crippen molar-refractivity contribution in [3.8, 4) is 11.4 Å². The molecule has 1 aromatic carbocycles. The number of nitrogens with zero attached hydrogens (tertiary/aromatic N) is 4. The summed E-state index contributed by atoms with van der Waals surface area (Å²) in [5.41, 5.74) is 0.868. The van der Waals surface area contributed by atoms with Gasteiger partial charge in [-0.1, -0.05) is 16.8 Å². The van der Waals surface area contributed by atoms with E-state index in [2.05, 4.69) is 15.0 Å². The fourth-order valence-electron chi connectivity index (χ4n) is 2.84. The van der Waals surface area contributed by atoms with Crippen molar-refractivity contribution in [2.75, 3.05) is 33.3 Å². The zero-order chi connectivity index (χ0) is 18.5. The molecule has 0 aliphatic carbocycles. The molecule has 1 aliphatic rings. The van der Waals surface area contributed by atoms with Crippen LogP contribution in [-0.2, 0) is 16.1 Å². The predicted octanol–water partition coefficient (Wildman–Crippen LogP) is 2.46. The maximum atomic E-state index is 12.2. The van der Waals surface area contributed by atoms with Crippen molar-refractivity contribution in [1.29, 1.82) is 0 Å². The van der Waals surface area contributed by atoms with Crippen LogP contribution in [0.5, 0.6) is 0 Å². The number of carbonyl (C=O) groups is 1. The van der Waals surface area contributed by atoms with Crippen LogP contribution in [0.4, 0.5) is 0 Å². The maximum absolute atomic E-state index is 12.2. The number of amides is 1. The number of aromatic nitrogens is 2. The number of halogens is 1. The van der Waals surface area contributed by atoms with Crippen LogP contribution in [-0.4, -0.2) is 65.2 Å². The highest BCUT2D eigenvalue weighted by Crippen LogP contribution is 2.19. The number of rotatable bonds is 6. The van der Waals surface area contributed by atoms with Gasteiger partial charge in [0.25, 0.3) is 0 Å². The van der Waals surface area contributed by atoms with Crippen LogP contribution in [0, 0.1) is 0 Å². The van der Waals surface area contributed by atoms with E-state index in [1.54, 1.807) is 19.2 Å². The maximum Gasteiger partial charge on any atom is 0.241 e. The summed E-state index contributed by atoms with van der Waals surface area (Å²) in [7, 11) is 1.62. The van der Waals surface area contributed by atoms with Gasteiger partial charge in [-0.25, -0.2) is 0 Å². The zero-order valence-corrected chi connectivity index (χ0v) is 15.8. The molecule has 0 spiro atoms. The summed E-state index contributed by atoms with van der Waals surface area (Å²) >= 11 is 5.90. The van der Waals surface area contributed by atoms with Crippen LogP contribution >= 0.6 is 11.6 Å². The lowest BCUT2D eigenvalue weighted by Gasteiger charge is -2.34. The smallest absolute Gasteiger partial charge is 0.241 e. The molecule has 0 saturated carbocycles. The van der Waals surface area contributed by atoms with Gasteiger partial charge < -0.3 is 14.2 Å². The molecule has 1 saturated heterocycles. The summed E-state index contributed by atoms with van der Waals surface area (Å²) in [5, 5.41) is 4.70. The minimum absolute atomic E-state index is 0.0507. The van der Waals surface area contributed by atoms with Crippen molar-refractivity contribution >= 4 is 17.5 Å². The second-order valence-corrected chi connectivity index (χ2v) is 6.86. The highest BCUT2D eigenvalue weighted by Gasteiger charge is 2.23. The molecule has 1 aliphatic heterocycles. The average molecular weight is 379 g/mol. The normalized spacial score (nSPS) is 16.7. The fourth-order valence-corrected chi connectivity index (χ4v) is 2.97. The Hall–Kier alpha value is -1.96. The number of hydrogen-bond donors (Lipinski definition) is 0. The first-order valence-electron chi connectivity index (χ1n) is 8.66. The Morgan fingerprint density at radius 1 is 1.27 bits per heavy atom. The number of benzene rings is 1.